The topological polar surface area (TPSA) is 171 Å². The van der Waals surface area contributed by atoms with Crippen LogP contribution in [0.5, 0.6) is 0 Å². The van der Waals surface area contributed by atoms with Gasteiger partial charge in [-0.2, -0.15) is 0 Å². The third-order valence-electron chi connectivity index (χ3n) is 12.5. The quantitative estimate of drug-likeness (QED) is 0.0887. The van der Waals surface area contributed by atoms with Crippen LogP contribution >= 0.6 is 0 Å². The van der Waals surface area contributed by atoms with Gasteiger partial charge >= 0.3 is 6.09 Å². The summed E-state index contributed by atoms with van der Waals surface area (Å²) in [5.74, 6) is 1.26. The highest BCUT2D eigenvalue weighted by Crippen LogP contribution is 2.38. The van der Waals surface area contributed by atoms with Gasteiger partial charge in [-0.1, -0.05) is 109 Å². The molecule has 3 fully saturated rings. The van der Waals surface area contributed by atoms with Gasteiger partial charge in [0, 0.05) is 26.2 Å². The van der Waals surface area contributed by atoms with E-state index in [4.69, 9.17) is 4.98 Å². The molecule has 0 radical (unpaired) electrons. The van der Waals surface area contributed by atoms with Gasteiger partial charge in [0.05, 0.1) is 42.0 Å². The summed E-state index contributed by atoms with van der Waals surface area (Å²) < 4.78 is 0. The maximum Gasteiger partial charge on any atom is 0.405 e. The molecule has 312 valence electrons. The minimum absolute atomic E-state index is 0.0864. The first kappa shape index (κ1) is 39.9. The van der Waals surface area contributed by atoms with Crippen LogP contribution in [0.1, 0.15) is 85.5 Å². The molecule has 3 aliphatic heterocycles. The Labute approximate surface area is 354 Å². The summed E-state index contributed by atoms with van der Waals surface area (Å²) in [6.45, 7) is 2.55. The van der Waals surface area contributed by atoms with Gasteiger partial charge in [-0.25, -0.2) is 14.8 Å². The zero-order valence-corrected chi connectivity index (χ0v) is 33.9. The van der Waals surface area contributed by atoms with E-state index in [2.05, 4.69) is 61.6 Å². The van der Waals surface area contributed by atoms with E-state index in [-0.39, 0.29) is 30.0 Å². The second kappa shape index (κ2) is 17.6. The van der Waals surface area contributed by atoms with E-state index < -0.39 is 18.2 Å². The smallest absolute Gasteiger partial charge is 0.405 e. The molecule has 0 spiro atoms. The highest BCUT2D eigenvalue weighted by Gasteiger charge is 2.40. The fourth-order valence-electron chi connectivity index (χ4n) is 9.29. The predicted molar refractivity (Wildman–Crippen MR) is 231 cm³/mol. The van der Waals surface area contributed by atoms with Crippen LogP contribution in [-0.2, 0) is 9.59 Å². The van der Waals surface area contributed by atoms with Gasteiger partial charge in [0.15, 0.2) is 0 Å². The number of H-pyrrole nitrogens is 2. The van der Waals surface area contributed by atoms with E-state index >= 15 is 0 Å². The Kier molecular flexibility index (Phi) is 11.5. The number of aliphatic hydroxyl groups excluding tert-OH is 1. The van der Waals surface area contributed by atoms with Gasteiger partial charge in [0.1, 0.15) is 23.7 Å². The van der Waals surface area contributed by atoms with Crippen LogP contribution in [-0.4, -0.2) is 95.0 Å². The van der Waals surface area contributed by atoms with E-state index in [1.807, 2.05) is 59.6 Å². The van der Waals surface area contributed by atoms with Crippen molar-refractivity contribution in [2.75, 3.05) is 26.2 Å². The number of aromatic amines is 2. The lowest BCUT2D eigenvalue weighted by Crippen LogP contribution is -2.46. The molecule has 4 aromatic carbocycles. The van der Waals surface area contributed by atoms with Crippen LogP contribution in [0.3, 0.4) is 0 Å². The summed E-state index contributed by atoms with van der Waals surface area (Å²) in [5.41, 5.74) is 7.38. The molecule has 3 saturated heterocycles. The molecule has 6 aromatic rings. The van der Waals surface area contributed by atoms with Crippen LogP contribution in [0.2, 0.25) is 0 Å². The molecule has 9 rings (SSSR count). The van der Waals surface area contributed by atoms with Crippen LogP contribution in [0.15, 0.2) is 122 Å². The van der Waals surface area contributed by atoms with Gasteiger partial charge < -0.3 is 35.3 Å². The predicted octanol–water partition coefficient (Wildman–Crippen LogP) is 7.67. The van der Waals surface area contributed by atoms with Gasteiger partial charge in [0.2, 0.25) is 5.91 Å². The summed E-state index contributed by atoms with van der Waals surface area (Å²) in [5, 5.41) is 22.1. The number of amides is 3. The zero-order valence-electron chi connectivity index (χ0n) is 33.9. The normalized spacial score (nSPS) is 19.5. The molecule has 61 heavy (non-hydrogen) atoms. The molecule has 3 aliphatic rings. The SMILES string of the molecule is O=C(O)N[C@@H](C(=O)N1CCC[C@H]1c1ncc(-c2ccc(-c3ccc(-c4cnc([C@@H]5CCCN5C(=O)C(c5ccccc5)N5CCC(O)CC5)[nH]4)cc3)cc2)[nH]1)c1ccccc1. The molecule has 1 unspecified atom stereocenters. The molecule has 13 heteroatoms. The van der Waals surface area contributed by atoms with Crippen LogP contribution in [0.4, 0.5) is 4.79 Å². The van der Waals surface area contributed by atoms with Crippen molar-refractivity contribution in [3.05, 3.63) is 144 Å². The number of nitrogens with one attached hydrogen (secondary N) is 3. The summed E-state index contributed by atoms with van der Waals surface area (Å²) in [6.07, 6.45) is 6.66. The number of imidazole rings is 2. The van der Waals surface area contributed by atoms with E-state index in [0.29, 0.717) is 50.4 Å². The maximum atomic E-state index is 14.4. The van der Waals surface area contributed by atoms with Crippen molar-refractivity contribution < 1.29 is 24.6 Å². The number of carbonyl (C=O) groups is 3. The first-order chi connectivity index (χ1) is 29.8. The Morgan fingerprint density at radius 2 is 1.05 bits per heavy atom. The first-order valence-corrected chi connectivity index (χ1v) is 21.2. The molecule has 0 aliphatic carbocycles. The molecule has 5 N–H and O–H groups in total. The lowest BCUT2D eigenvalue weighted by Gasteiger charge is -2.38. The first-order valence-electron chi connectivity index (χ1n) is 21.2. The second-order valence-electron chi connectivity index (χ2n) is 16.3. The number of carbonyl (C=O) groups excluding carboxylic acids is 2. The molecule has 4 atom stereocenters. The van der Waals surface area contributed by atoms with Gasteiger partial charge in [0.25, 0.3) is 5.91 Å². The van der Waals surface area contributed by atoms with E-state index in [1.165, 1.54) is 0 Å². The Morgan fingerprint density at radius 1 is 0.590 bits per heavy atom. The van der Waals surface area contributed by atoms with Crippen LogP contribution in [0, 0.1) is 0 Å². The average Bonchev–Trinajstić information content (AvgIpc) is 4.14. The highest BCUT2D eigenvalue weighted by atomic mass is 16.4. The summed E-state index contributed by atoms with van der Waals surface area (Å²) >= 11 is 0. The molecular formula is C48H50N8O5. The number of benzene rings is 4. The summed E-state index contributed by atoms with van der Waals surface area (Å²) in [4.78, 5) is 62.2. The van der Waals surface area contributed by atoms with E-state index in [9.17, 15) is 24.6 Å². The number of carboxylic acid groups (broad SMARTS) is 1. The van der Waals surface area contributed by atoms with Gasteiger partial charge in [-0.05, 0) is 71.9 Å². The fraction of sp³-hybridized carbons (Fsp3) is 0.312. The van der Waals surface area contributed by atoms with Crippen LogP contribution in [0.25, 0.3) is 33.6 Å². The number of aromatic nitrogens is 4. The fourth-order valence-corrected chi connectivity index (χ4v) is 9.29. The lowest BCUT2D eigenvalue weighted by molar-refractivity contribution is -0.139. The van der Waals surface area contributed by atoms with Crippen molar-refractivity contribution in [3.63, 3.8) is 0 Å². The summed E-state index contributed by atoms with van der Waals surface area (Å²) in [7, 11) is 0. The molecule has 0 saturated carbocycles. The average molecular weight is 819 g/mol. The highest BCUT2D eigenvalue weighted by molar-refractivity contribution is 5.87. The Hall–Kier alpha value is -6.57. The number of nitrogens with zero attached hydrogens (tertiary/aromatic N) is 5. The van der Waals surface area contributed by atoms with E-state index in [1.54, 1.807) is 35.4 Å². The number of hydrogen-bond acceptors (Lipinski definition) is 7. The van der Waals surface area contributed by atoms with Crippen molar-refractivity contribution in [3.8, 4) is 33.6 Å². The third kappa shape index (κ3) is 8.44. The molecular weight excluding hydrogens is 769 g/mol. The number of piperidine rings is 1. The number of likely N-dealkylation sites (tertiary alicyclic amines) is 3. The summed E-state index contributed by atoms with van der Waals surface area (Å²) in [6, 6.07) is 33.7. The second-order valence-corrected chi connectivity index (χ2v) is 16.3. The number of rotatable bonds is 11. The molecule has 0 bridgehead atoms. The van der Waals surface area contributed by atoms with Gasteiger partial charge in [-0.15, -0.1) is 0 Å². The van der Waals surface area contributed by atoms with Crippen molar-refractivity contribution in [2.45, 2.75) is 68.8 Å². The van der Waals surface area contributed by atoms with Crippen LogP contribution < -0.4 is 5.32 Å². The molecule has 2 aromatic heterocycles. The van der Waals surface area contributed by atoms with E-state index in [0.717, 1.165) is 70.7 Å². The van der Waals surface area contributed by atoms with Crippen molar-refractivity contribution in [1.82, 2.24) is 40.0 Å². The minimum Gasteiger partial charge on any atom is -0.465 e. The number of aliphatic hydroxyl groups is 1. The monoisotopic (exact) mass is 818 g/mol. The zero-order chi connectivity index (χ0) is 41.9. The Bertz CT molecular complexity index is 2450. The molecule has 3 amide bonds. The van der Waals surface area contributed by atoms with Gasteiger partial charge in [-0.3, -0.25) is 14.5 Å². The number of hydrogen-bond donors (Lipinski definition) is 5. The standard InChI is InChI=1S/C48H50N8O5/c57-37-23-27-54(28-24-37)43(36-11-5-2-6-12-36)47(59)56-26-8-14-41(56)45-50-30-39(52-45)34-21-17-32(18-22-34)31-15-19-33(20-16-31)38-29-49-44(51-38)40-13-7-25-55(40)46(58)42(53-48(60)61)35-9-3-1-4-10-35/h1-6,9-12,15-22,29-30,37,40-43,53,57H,7-8,13-14,23-28H2,(H,49,51)(H,50,52)(H,60,61)/t40-,41-,42+,43?/m0/s1. The van der Waals surface area contributed by atoms with Crippen molar-refractivity contribution >= 4 is 17.9 Å². The molecule has 5 heterocycles. The maximum absolute atomic E-state index is 14.4. The minimum atomic E-state index is -1.25. The Morgan fingerprint density at radius 3 is 1.54 bits per heavy atom. The lowest BCUT2D eigenvalue weighted by atomic mass is 9.99. The van der Waals surface area contributed by atoms with Crippen molar-refractivity contribution in [1.29, 1.82) is 0 Å². The third-order valence-corrected chi connectivity index (χ3v) is 12.5. The Balaban J connectivity index is 0.860. The van der Waals surface area contributed by atoms with Crippen molar-refractivity contribution in [2.24, 2.45) is 0 Å². The largest absolute Gasteiger partial charge is 0.465 e. The molecule has 13 nitrogen and oxygen atoms in total.